The number of anilines is 1. The molecule has 2 aromatic rings. The molecule has 2 N–H and O–H groups in total. The van der Waals surface area contributed by atoms with E-state index in [9.17, 15) is 15.2 Å². The normalized spacial score (nSPS) is 13.6. The third kappa shape index (κ3) is 3.25. The number of nitrogens with zero attached hydrogens (tertiary/aromatic N) is 3. The van der Waals surface area contributed by atoms with Crippen LogP contribution < -0.4 is 5.32 Å². The summed E-state index contributed by atoms with van der Waals surface area (Å²) in [4.78, 5) is 10.7. The van der Waals surface area contributed by atoms with Gasteiger partial charge in [-0.05, 0) is 25.8 Å². The largest absolute Gasteiger partial charge is 0.385 e. The summed E-state index contributed by atoms with van der Waals surface area (Å²) in [7, 11) is 1.65. The van der Waals surface area contributed by atoms with Gasteiger partial charge in [-0.15, -0.1) is 0 Å². The van der Waals surface area contributed by atoms with Crippen LogP contribution in [0.15, 0.2) is 30.3 Å². The highest BCUT2D eigenvalue weighted by Crippen LogP contribution is 2.28. The standard InChI is InChI=1S/C15H20N4O3/c1-11-13(19(21)22)14(18(3)17-11)16-10-9-15(2,20)12-7-5-4-6-8-12/h4-8,16,20H,9-10H2,1-3H3. The van der Waals surface area contributed by atoms with Crippen molar-refractivity contribution in [1.82, 2.24) is 9.78 Å². The van der Waals surface area contributed by atoms with Crippen molar-refractivity contribution in [2.24, 2.45) is 7.05 Å². The number of rotatable bonds is 6. The topological polar surface area (TPSA) is 93.2 Å². The summed E-state index contributed by atoms with van der Waals surface area (Å²) in [6.07, 6.45) is 0.415. The summed E-state index contributed by atoms with van der Waals surface area (Å²) in [5.74, 6) is 0.353. The Balaban J connectivity index is 2.07. The number of aliphatic hydroxyl groups is 1. The number of nitro groups is 1. The van der Waals surface area contributed by atoms with Gasteiger partial charge in [0.15, 0.2) is 0 Å². The van der Waals surface area contributed by atoms with Gasteiger partial charge in [0, 0.05) is 13.6 Å². The van der Waals surface area contributed by atoms with Crippen molar-refractivity contribution in [1.29, 1.82) is 0 Å². The van der Waals surface area contributed by atoms with E-state index >= 15 is 0 Å². The molecule has 0 amide bonds. The van der Waals surface area contributed by atoms with E-state index in [0.717, 1.165) is 5.56 Å². The Labute approximate surface area is 128 Å². The molecule has 1 unspecified atom stereocenters. The molecule has 0 bridgehead atoms. The third-order valence-corrected chi connectivity index (χ3v) is 3.67. The summed E-state index contributed by atoms with van der Waals surface area (Å²) >= 11 is 0. The number of hydrogen-bond donors (Lipinski definition) is 2. The predicted molar refractivity (Wildman–Crippen MR) is 83.7 cm³/mol. The van der Waals surface area contributed by atoms with Crippen molar-refractivity contribution >= 4 is 11.5 Å². The Morgan fingerprint density at radius 3 is 2.64 bits per heavy atom. The number of aryl methyl sites for hydroxylation is 2. The SMILES string of the molecule is Cc1nn(C)c(NCCC(C)(O)c2ccccc2)c1[N+](=O)[O-]. The fourth-order valence-corrected chi connectivity index (χ4v) is 2.43. The molecule has 1 aromatic heterocycles. The fraction of sp³-hybridized carbons (Fsp3) is 0.400. The maximum atomic E-state index is 11.1. The first-order chi connectivity index (χ1) is 10.3. The molecule has 118 valence electrons. The summed E-state index contributed by atoms with van der Waals surface area (Å²) in [6, 6.07) is 9.34. The Kier molecular flexibility index (Phi) is 4.46. The van der Waals surface area contributed by atoms with Gasteiger partial charge in [-0.25, -0.2) is 4.68 Å². The minimum Gasteiger partial charge on any atom is -0.385 e. The van der Waals surface area contributed by atoms with Gasteiger partial charge in [0.2, 0.25) is 5.82 Å². The van der Waals surface area contributed by atoms with E-state index in [1.54, 1.807) is 20.9 Å². The minimum absolute atomic E-state index is 0.0261. The van der Waals surface area contributed by atoms with Gasteiger partial charge in [-0.3, -0.25) is 10.1 Å². The second-order valence-corrected chi connectivity index (χ2v) is 5.48. The highest BCUT2D eigenvalue weighted by Gasteiger charge is 2.26. The first-order valence-electron chi connectivity index (χ1n) is 7.02. The third-order valence-electron chi connectivity index (χ3n) is 3.67. The van der Waals surface area contributed by atoms with Crippen molar-refractivity contribution in [2.45, 2.75) is 25.9 Å². The van der Waals surface area contributed by atoms with Crippen LogP contribution >= 0.6 is 0 Å². The van der Waals surface area contributed by atoms with Gasteiger partial charge in [0.1, 0.15) is 5.69 Å². The van der Waals surface area contributed by atoms with Gasteiger partial charge in [-0.1, -0.05) is 30.3 Å². The van der Waals surface area contributed by atoms with E-state index in [0.29, 0.717) is 24.5 Å². The minimum atomic E-state index is -1.00. The maximum absolute atomic E-state index is 11.1. The van der Waals surface area contributed by atoms with Crippen LogP contribution in [0.1, 0.15) is 24.6 Å². The molecule has 7 nitrogen and oxygen atoms in total. The Morgan fingerprint density at radius 2 is 2.05 bits per heavy atom. The van der Waals surface area contributed by atoms with Crippen molar-refractivity contribution in [3.63, 3.8) is 0 Å². The summed E-state index contributed by atoms with van der Waals surface area (Å²) in [5, 5.41) is 28.7. The zero-order valence-corrected chi connectivity index (χ0v) is 12.9. The Morgan fingerprint density at radius 1 is 1.41 bits per heavy atom. The number of benzene rings is 1. The smallest absolute Gasteiger partial charge is 0.333 e. The summed E-state index contributed by atoms with van der Waals surface area (Å²) in [5.41, 5.74) is 0.149. The van der Waals surface area contributed by atoms with Crippen LogP contribution in [-0.4, -0.2) is 26.4 Å². The molecule has 0 spiro atoms. The van der Waals surface area contributed by atoms with Gasteiger partial charge in [0.25, 0.3) is 0 Å². The lowest BCUT2D eigenvalue weighted by molar-refractivity contribution is -0.384. The number of nitrogens with one attached hydrogen (secondary N) is 1. The molecule has 1 atom stereocenters. The molecule has 1 aromatic carbocycles. The van der Waals surface area contributed by atoms with Crippen molar-refractivity contribution in [3.8, 4) is 0 Å². The molecular formula is C15H20N4O3. The fourth-order valence-electron chi connectivity index (χ4n) is 2.43. The lowest BCUT2D eigenvalue weighted by Crippen LogP contribution is -2.25. The molecule has 0 aliphatic carbocycles. The maximum Gasteiger partial charge on any atom is 0.333 e. The van der Waals surface area contributed by atoms with Crippen LogP contribution in [0, 0.1) is 17.0 Å². The monoisotopic (exact) mass is 304 g/mol. The van der Waals surface area contributed by atoms with Crippen LogP contribution in [0.4, 0.5) is 11.5 Å². The molecule has 0 fully saturated rings. The van der Waals surface area contributed by atoms with E-state index in [4.69, 9.17) is 0 Å². The van der Waals surface area contributed by atoms with Crippen LogP contribution in [0.3, 0.4) is 0 Å². The quantitative estimate of drug-likeness (QED) is 0.631. The van der Waals surface area contributed by atoms with E-state index in [2.05, 4.69) is 10.4 Å². The van der Waals surface area contributed by atoms with Gasteiger partial charge < -0.3 is 10.4 Å². The summed E-state index contributed by atoms with van der Waals surface area (Å²) in [6.45, 7) is 3.72. The van der Waals surface area contributed by atoms with E-state index in [-0.39, 0.29) is 5.69 Å². The molecule has 0 radical (unpaired) electrons. The molecule has 1 heterocycles. The molecule has 0 saturated carbocycles. The van der Waals surface area contributed by atoms with Crippen molar-refractivity contribution < 1.29 is 10.0 Å². The van der Waals surface area contributed by atoms with Crippen LogP contribution in [0.25, 0.3) is 0 Å². The molecule has 0 aliphatic heterocycles. The van der Waals surface area contributed by atoms with Crippen LogP contribution in [0.5, 0.6) is 0 Å². The Bertz CT molecular complexity index is 665. The van der Waals surface area contributed by atoms with E-state index in [1.807, 2.05) is 30.3 Å². The number of hydrogen-bond acceptors (Lipinski definition) is 5. The average molecular weight is 304 g/mol. The molecule has 0 saturated heterocycles. The zero-order chi connectivity index (χ0) is 16.3. The van der Waals surface area contributed by atoms with Gasteiger partial charge in [0.05, 0.1) is 10.5 Å². The van der Waals surface area contributed by atoms with Crippen LogP contribution in [-0.2, 0) is 12.6 Å². The van der Waals surface area contributed by atoms with Gasteiger partial charge >= 0.3 is 5.69 Å². The highest BCUT2D eigenvalue weighted by atomic mass is 16.6. The van der Waals surface area contributed by atoms with Crippen LogP contribution in [0.2, 0.25) is 0 Å². The lowest BCUT2D eigenvalue weighted by Gasteiger charge is -2.24. The lowest BCUT2D eigenvalue weighted by atomic mass is 9.93. The summed E-state index contributed by atoms with van der Waals surface area (Å²) < 4.78 is 1.45. The highest BCUT2D eigenvalue weighted by molar-refractivity contribution is 5.59. The second-order valence-electron chi connectivity index (χ2n) is 5.48. The molecule has 0 aliphatic rings. The first kappa shape index (κ1) is 16.0. The molecule has 22 heavy (non-hydrogen) atoms. The van der Waals surface area contributed by atoms with E-state index < -0.39 is 10.5 Å². The molecular weight excluding hydrogens is 284 g/mol. The Hall–Kier alpha value is -2.41. The second kappa shape index (κ2) is 6.15. The van der Waals surface area contributed by atoms with E-state index in [1.165, 1.54) is 4.68 Å². The molecule has 2 rings (SSSR count). The zero-order valence-electron chi connectivity index (χ0n) is 12.9. The van der Waals surface area contributed by atoms with Gasteiger partial charge in [-0.2, -0.15) is 5.10 Å². The average Bonchev–Trinajstić information content (AvgIpc) is 2.74. The molecule has 7 heteroatoms. The number of aromatic nitrogens is 2. The van der Waals surface area contributed by atoms with Crippen molar-refractivity contribution in [3.05, 3.63) is 51.7 Å². The van der Waals surface area contributed by atoms with Crippen molar-refractivity contribution in [2.75, 3.05) is 11.9 Å². The first-order valence-corrected chi connectivity index (χ1v) is 7.02. The predicted octanol–water partition coefficient (Wildman–Crippen LogP) is 2.35.